The van der Waals surface area contributed by atoms with Crippen LogP contribution in [0.5, 0.6) is 0 Å². The Morgan fingerprint density at radius 1 is 1.03 bits per heavy atom. The molecule has 1 heterocycles. The lowest BCUT2D eigenvalue weighted by atomic mass is 10.1. The SMILES string of the molecule is CCOC(=O)c1c(CC(=O)N(C)OC)n(S(=O)(=O)c2ccccc2)c2ccccc12. The number of carbonyl (C=O) groups excluding carboxylic acids is 2. The summed E-state index contributed by atoms with van der Waals surface area (Å²) in [5.41, 5.74) is 0.351. The summed E-state index contributed by atoms with van der Waals surface area (Å²) in [4.78, 5) is 30.4. The Bertz CT molecular complexity index is 1180. The van der Waals surface area contributed by atoms with E-state index in [1.165, 1.54) is 26.3 Å². The van der Waals surface area contributed by atoms with Crippen molar-refractivity contribution in [2.45, 2.75) is 18.2 Å². The highest BCUT2D eigenvalue weighted by atomic mass is 32.2. The van der Waals surface area contributed by atoms with Crippen LogP contribution in [0, 0.1) is 0 Å². The Morgan fingerprint density at radius 2 is 1.67 bits per heavy atom. The number of hydrogen-bond donors (Lipinski definition) is 0. The van der Waals surface area contributed by atoms with Gasteiger partial charge in [0.25, 0.3) is 15.9 Å². The molecule has 0 bridgehead atoms. The molecule has 1 aromatic heterocycles. The van der Waals surface area contributed by atoms with Gasteiger partial charge in [-0.15, -0.1) is 0 Å². The van der Waals surface area contributed by atoms with Gasteiger partial charge >= 0.3 is 5.97 Å². The van der Waals surface area contributed by atoms with Gasteiger partial charge in [-0.05, 0) is 25.1 Å². The molecule has 0 unspecified atom stereocenters. The molecule has 0 saturated heterocycles. The number of fused-ring (bicyclic) bond motifs is 1. The summed E-state index contributed by atoms with van der Waals surface area (Å²) in [7, 11) is -1.38. The third-order valence-electron chi connectivity index (χ3n) is 4.63. The lowest BCUT2D eigenvalue weighted by Crippen LogP contribution is -2.29. The van der Waals surface area contributed by atoms with Gasteiger partial charge in [-0.25, -0.2) is 22.2 Å². The van der Waals surface area contributed by atoms with Gasteiger partial charge in [0.2, 0.25) is 0 Å². The van der Waals surface area contributed by atoms with E-state index in [0.29, 0.717) is 5.39 Å². The first-order chi connectivity index (χ1) is 14.3. The number of hydroxylamine groups is 2. The van der Waals surface area contributed by atoms with Crippen LogP contribution in [-0.2, 0) is 30.8 Å². The highest BCUT2D eigenvalue weighted by Gasteiger charge is 2.32. The number of benzene rings is 2. The van der Waals surface area contributed by atoms with Gasteiger partial charge in [0.15, 0.2) is 0 Å². The molecular weight excluding hydrogens is 408 g/mol. The number of rotatable bonds is 7. The van der Waals surface area contributed by atoms with Crippen molar-refractivity contribution in [2.24, 2.45) is 0 Å². The Labute approximate surface area is 174 Å². The minimum absolute atomic E-state index is 0.0207. The number of carbonyl (C=O) groups is 2. The lowest BCUT2D eigenvalue weighted by Gasteiger charge is -2.16. The second-order valence-electron chi connectivity index (χ2n) is 6.39. The van der Waals surface area contributed by atoms with E-state index in [9.17, 15) is 18.0 Å². The van der Waals surface area contributed by atoms with Gasteiger partial charge in [0.1, 0.15) is 0 Å². The normalized spacial score (nSPS) is 11.4. The van der Waals surface area contributed by atoms with Gasteiger partial charge in [0.05, 0.1) is 41.8 Å². The molecule has 0 radical (unpaired) electrons. The average Bonchev–Trinajstić information content (AvgIpc) is 3.08. The molecule has 158 valence electrons. The highest BCUT2D eigenvalue weighted by molar-refractivity contribution is 7.90. The van der Waals surface area contributed by atoms with Crippen LogP contribution in [0.1, 0.15) is 23.0 Å². The van der Waals surface area contributed by atoms with E-state index in [1.807, 2.05) is 0 Å². The smallest absolute Gasteiger partial charge is 0.340 e. The Balaban J connectivity index is 2.36. The van der Waals surface area contributed by atoms with Crippen LogP contribution in [0.2, 0.25) is 0 Å². The minimum Gasteiger partial charge on any atom is -0.462 e. The van der Waals surface area contributed by atoms with Gasteiger partial charge in [-0.3, -0.25) is 9.63 Å². The highest BCUT2D eigenvalue weighted by Crippen LogP contribution is 2.31. The predicted molar refractivity (Wildman–Crippen MR) is 110 cm³/mol. The Morgan fingerprint density at radius 3 is 2.30 bits per heavy atom. The maximum absolute atomic E-state index is 13.5. The molecule has 1 amide bonds. The summed E-state index contributed by atoms with van der Waals surface area (Å²) in [5.74, 6) is -1.21. The molecule has 0 aliphatic rings. The van der Waals surface area contributed by atoms with Crippen molar-refractivity contribution in [3.8, 4) is 0 Å². The van der Waals surface area contributed by atoms with E-state index < -0.39 is 21.9 Å². The maximum Gasteiger partial charge on any atom is 0.340 e. The number of ether oxygens (including phenoxy) is 1. The van der Waals surface area contributed by atoms with E-state index in [0.717, 1.165) is 9.04 Å². The van der Waals surface area contributed by atoms with E-state index in [2.05, 4.69) is 0 Å². The van der Waals surface area contributed by atoms with Crippen molar-refractivity contribution in [1.29, 1.82) is 0 Å². The molecule has 0 aliphatic carbocycles. The second kappa shape index (κ2) is 8.68. The van der Waals surface area contributed by atoms with Crippen molar-refractivity contribution >= 4 is 32.8 Å². The van der Waals surface area contributed by atoms with Gasteiger partial charge in [0, 0.05) is 12.4 Å². The number of nitrogens with zero attached hydrogens (tertiary/aromatic N) is 2. The number of para-hydroxylation sites is 1. The molecule has 30 heavy (non-hydrogen) atoms. The minimum atomic E-state index is -4.10. The van der Waals surface area contributed by atoms with Crippen molar-refractivity contribution in [3.63, 3.8) is 0 Å². The third kappa shape index (κ3) is 3.81. The first-order valence-corrected chi connectivity index (χ1v) is 10.7. The van der Waals surface area contributed by atoms with Crippen LogP contribution < -0.4 is 0 Å². The van der Waals surface area contributed by atoms with Crippen molar-refractivity contribution < 1.29 is 27.6 Å². The van der Waals surface area contributed by atoms with Crippen LogP contribution in [0.25, 0.3) is 10.9 Å². The fourth-order valence-corrected chi connectivity index (χ4v) is 4.76. The third-order valence-corrected chi connectivity index (χ3v) is 6.40. The Kier molecular flexibility index (Phi) is 6.23. The van der Waals surface area contributed by atoms with Crippen LogP contribution in [0.4, 0.5) is 0 Å². The monoisotopic (exact) mass is 430 g/mol. The summed E-state index contributed by atoms with van der Waals surface area (Å²) in [6, 6.07) is 14.4. The predicted octanol–water partition coefficient (Wildman–Crippen LogP) is 2.62. The van der Waals surface area contributed by atoms with E-state index >= 15 is 0 Å². The molecule has 8 nitrogen and oxygen atoms in total. The number of amides is 1. The largest absolute Gasteiger partial charge is 0.462 e. The first-order valence-electron chi connectivity index (χ1n) is 9.23. The van der Waals surface area contributed by atoms with E-state index in [1.54, 1.807) is 49.4 Å². The average molecular weight is 430 g/mol. The standard InChI is InChI=1S/C21H22N2O6S/c1-4-29-21(25)20-16-12-8-9-13-17(16)23(18(20)14-19(24)22(2)28-3)30(26,27)15-10-6-5-7-11-15/h5-13H,4,14H2,1-3H3. The van der Waals surface area contributed by atoms with Crippen molar-refractivity contribution in [2.75, 3.05) is 20.8 Å². The molecule has 0 spiro atoms. The quantitative estimate of drug-likeness (QED) is 0.422. The van der Waals surface area contributed by atoms with Gasteiger partial charge in [-0.2, -0.15) is 0 Å². The van der Waals surface area contributed by atoms with E-state index in [-0.39, 0.29) is 34.7 Å². The van der Waals surface area contributed by atoms with Crippen molar-refractivity contribution in [3.05, 3.63) is 65.9 Å². The zero-order valence-electron chi connectivity index (χ0n) is 16.9. The zero-order chi connectivity index (χ0) is 21.9. The molecule has 3 aromatic rings. The molecule has 0 saturated carbocycles. The second-order valence-corrected chi connectivity index (χ2v) is 8.18. The fraction of sp³-hybridized carbons (Fsp3) is 0.238. The maximum atomic E-state index is 13.5. The fourth-order valence-electron chi connectivity index (χ4n) is 3.18. The molecule has 9 heteroatoms. The first kappa shape index (κ1) is 21.5. The van der Waals surface area contributed by atoms with E-state index in [4.69, 9.17) is 9.57 Å². The van der Waals surface area contributed by atoms with Crippen LogP contribution in [0.15, 0.2) is 59.5 Å². The number of hydrogen-bond acceptors (Lipinski definition) is 6. The van der Waals surface area contributed by atoms with Crippen LogP contribution in [0.3, 0.4) is 0 Å². The topological polar surface area (TPSA) is 94.9 Å². The Hall–Kier alpha value is -3.17. The van der Waals surface area contributed by atoms with Crippen molar-refractivity contribution in [1.82, 2.24) is 9.04 Å². The molecule has 3 rings (SSSR count). The molecule has 2 aromatic carbocycles. The summed E-state index contributed by atoms with van der Waals surface area (Å²) < 4.78 is 33.3. The molecule has 0 aliphatic heterocycles. The van der Waals surface area contributed by atoms with Crippen LogP contribution in [-0.4, -0.2) is 50.1 Å². The molecule has 0 atom stereocenters. The summed E-state index contributed by atoms with van der Waals surface area (Å²) in [6.45, 7) is 1.76. The number of aromatic nitrogens is 1. The zero-order valence-corrected chi connectivity index (χ0v) is 17.7. The molecule has 0 N–H and O–H groups in total. The number of likely N-dealkylation sites (N-methyl/N-ethyl adjacent to an activating group) is 1. The lowest BCUT2D eigenvalue weighted by molar-refractivity contribution is -0.167. The summed E-state index contributed by atoms with van der Waals surface area (Å²) >= 11 is 0. The molecular formula is C21H22N2O6S. The summed E-state index contributed by atoms with van der Waals surface area (Å²) in [6.07, 6.45) is -0.376. The van der Waals surface area contributed by atoms with Gasteiger partial charge in [-0.1, -0.05) is 36.4 Å². The van der Waals surface area contributed by atoms with Crippen LogP contribution >= 0.6 is 0 Å². The molecule has 0 fully saturated rings. The van der Waals surface area contributed by atoms with Gasteiger partial charge < -0.3 is 4.74 Å². The number of esters is 1. The summed E-state index contributed by atoms with van der Waals surface area (Å²) in [5, 5.41) is 1.37.